The van der Waals surface area contributed by atoms with Gasteiger partial charge in [0.2, 0.25) is 0 Å². The summed E-state index contributed by atoms with van der Waals surface area (Å²) >= 11 is 5.97. The maximum absolute atomic E-state index is 12.0. The molecule has 21 heavy (non-hydrogen) atoms. The minimum atomic E-state index is -0.130. The molecule has 3 aromatic rings. The maximum Gasteiger partial charge on any atom is 0.267 e. The standard InChI is InChI=1S/C17H13ClN2O/c18-15-8-4-5-13(11-15)12-20-17(21)10-9-16(19-20)14-6-2-1-3-7-14/h1-11H,12H2. The number of halogens is 1. The van der Waals surface area contributed by atoms with Gasteiger partial charge in [0, 0.05) is 16.7 Å². The molecule has 0 saturated carbocycles. The van der Waals surface area contributed by atoms with Gasteiger partial charge in [-0.3, -0.25) is 4.79 Å². The van der Waals surface area contributed by atoms with Gasteiger partial charge in [0.05, 0.1) is 12.2 Å². The van der Waals surface area contributed by atoms with Gasteiger partial charge >= 0.3 is 0 Å². The number of nitrogens with zero attached hydrogens (tertiary/aromatic N) is 2. The molecule has 0 bridgehead atoms. The van der Waals surface area contributed by atoms with E-state index in [4.69, 9.17) is 11.6 Å². The van der Waals surface area contributed by atoms with Crippen molar-refractivity contribution in [2.75, 3.05) is 0 Å². The zero-order chi connectivity index (χ0) is 14.7. The van der Waals surface area contributed by atoms with Crippen molar-refractivity contribution in [2.45, 2.75) is 6.54 Å². The van der Waals surface area contributed by atoms with Crippen molar-refractivity contribution >= 4 is 11.6 Å². The molecule has 0 fully saturated rings. The summed E-state index contributed by atoms with van der Waals surface area (Å²) in [7, 11) is 0. The summed E-state index contributed by atoms with van der Waals surface area (Å²) in [5.74, 6) is 0. The first-order valence-electron chi connectivity index (χ1n) is 6.60. The minimum absolute atomic E-state index is 0.130. The van der Waals surface area contributed by atoms with E-state index in [0.29, 0.717) is 11.6 Å². The molecule has 0 atom stereocenters. The highest BCUT2D eigenvalue weighted by Crippen LogP contribution is 2.15. The number of aromatic nitrogens is 2. The first-order chi connectivity index (χ1) is 10.2. The summed E-state index contributed by atoms with van der Waals surface area (Å²) in [4.78, 5) is 12.0. The molecule has 2 aromatic carbocycles. The lowest BCUT2D eigenvalue weighted by Gasteiger charge is -2.07. The molecule has 0 aliphatic heterocycles. The summed E-state index contributed by atoms with van der Waals surface area (Å²) in [6.07, 6.45) is 0. The monoisotopic (exact) mass is 296 g/mol. The van der Waals surface area contributed by atoms with E-state index in [1.165, 1.54) is 4.68 Å². The van der Waals surface area contributed by atoms with Crippen LogP contribution < -0.4 is 5.56 Å². The quantitative estimate of drug-likeness (QED) is 0.740. The van der Waals surface area contributed by atoms with Crippen molar-refractivity contribution in [3.63, 3.8) is 0 Å². The molecule has 3 rings (SSSR count). The van der Waals surface area contributed by atoms with Gasteiger partial charge in [0.1, 0.15) is 0 Å². The van der Waals surface area contributed by atoms with Crippen LogP contribution in [0, 0.1) is 0 Å². The topological polar surface area (TPSA) is 34.9 Å². The predicted molar refractivity (Wildman–Crippen MR) is 84.5 cm³/mol. The highest BCUT2D eigenvalue weighted by molar-refractivity contribution is 6.30. The highest BCUT2D eigenvalue weighted by Gasteiger charge is 2.04. The van der Waals surface area contributed by atoms with Crippen LogP contribution >= 0.6 is 11.6 Å². The Balaban J connectivity index is 1.97. The van der Waals surface area contributed by atoms with Gasteiger partial charge in [-0.2, -0.15) is 5.10 Å². The smallest absolute Gasteiger partial charge is 0.267 e. The van der Waals surface area contributed by atoms with Crippen molar-refractivity contribution in [3.8, 4) is 11.3 Å². The van der Waals surface area contributed by atoms with E-state index in [1.54, 1.807) is 12.1 Å². The van der Waals surface area contributed by atoms with Gasteiger partial charge in [-0.25, -0.2) is 4.68 Å². The molecule has 0 saturated heterocycles. The Bertz CT molecular complexity index is 812. The molecule has 1 heterocycles. The number of hydrogen-bond donors (Lipinski definition) is 0. The van der Waals surface area contributed by atoms with Gasteiger partial charge in [-0.05, 0) is 23.8 Å². The number of rotatable bonds is 3. The zero-order valence-electron chi connectivity index (χ0n) is 11.2. The average molecular weight is 297 g/mol. The van der Waals surface area contributed by atoms with Gasteiger partial charge in [0.25, 0.3) is 5.56 Å². The second-order valence-corrected chi connectivity index (χ2v) is 5.15. The fraction of sp³-hybridized carbons (Fsp3) is 0.0588. The van der Waals surface area contributed by atoms with Crippen molar-refractivity contribution in [2.24, 2.45) is 0 Å². The van der Waals surface area contributed by atoms with Gasteiger partial charge in [-0.1, -0.05) is 54.1 Å². The summed E-state index contributed by atoms with van der Waals surface area (Å²) in [5.41, 5.74) is 2.58. The van der Waals surface area contributed by atoms with E-state index < -0.39 is 0 Å². The van der Waals surface area contributed by atoms with Crippen molar-refractivity contribution in [1.29, 1.82) is 0 Å². The molecule has 0 aliphatic rings. The molecular weight excluding hydrogens is 284 g/mol. The van der Waals surface area contributed by atoms with Crippen LogP contribution in [-0.2, 0) is 6.54 Å². The minimum Gasteiger partial charge on any atom is -0.268 e. The molecule has 3 nitrogen and oxygen atoms in total. The predicted octanol–water partition coefficient (Wildman–Crippen LogP) is 3.61. The Labute approximate surface area is 127 Å². The van der Waals surface area contributed by atoms with Crippen LogP contribution in [-0.4, -0.2) is 9.78 Å². The second kappa shape index (κ2) is 5.94. The molecule has 0 aliphatic carbocycles. The lowest BCUT2D eigenvalue weighted by atomic mass is 10.1. The summed E-state index contributed by atoms with van der Waals surface area (Å²) < 4.78 is 1.45. The van der Waals surface area contributed by atoms with E-state index >= 15 is 0 Å². The van der Waals surface area contributed by atoms with Gasteiger partial charge < -0.3 is 0 Å². The number of benzene rings is 2. The van der Waals surface area contributed by atoms with E-state index in [1.807, 2.05) is 54.6 Å². The second-order valence-electron chi connectivity index (χ2n) is 4.71. The molecule has 0 N–H and O–H groups in total. The molecule has 0 amide bonds. The highest BCUT2D eigenvalue weighted by atomic mass is 35.5. The lowest BCUT2D eigenvalue weighted by molar-refractivity contribution is 0.643. The van der Waals surface area contributed by atoms with E-state index in [2.05, 4.69) is 5.10 Å². The lowest BCUT2D eigenvalue weighted by Crippen LogP contribution is -2.22. The molecule has 0 unspecified atom stereocenters. The third-order valence-corrected chi connectivity index (χ3v) is 3.39. The Morgan fingerprint density at radius 3 is 2.52 bits per heavy atom. The van der Waals surface area contributed by atoms with Crippen LogP contribution in [0.5, 0.6) is 0 Å². The Morgan fingerprint density at radius 2 is 1.76 bits per heavy atom. The molecular formula is C17H13ClN2O. The Morgan fingerprint density at radius 1 is 0.952 bits per heavy atom. The molecule has 4 heteroatoms. The van der Waals surface area contributed by atoms with Crippen LogP contribution in [0.3, 0.4) is 0 Å². The normalized spacial score (nSPS) is 10.5. The SMILES string of the molecule is O=c1ccc(-c2ccccc2)nn1Cc1cccc(Cl)c1. The Kier molecular flexibility index (Phi) is 3.84. The first-order valence-corrected chi connectivity index (χ1v) is 6.98. The Hall–Kier alpha value is -2.39. The fourth-order valence-electron chi connectivity index (χ4n) is 2.13. The third kappa shape index (κ3) is 3.20. The van der Waals surface area contributed by atoms with Crippen molar-refractivity contribution in [1.82, 2.24) is 9.78 Å². The first kappa shape index (κ1) is 13.6. The van der Waals surface area contributed by atoms with Gasteiger partial charge in [-0.15, -0.1) is 0 Å². The largest absolute Gasteiger partial charge is 0.268 e. The van der Waals surface area contributed by atoms with Crippen LogP contribution in [0.2, 0.25) is 5.02 Å². The summed E-state index contributed by atoms with van der Waals surface area (Å²) in [5, 5.41) is 5.08. The average Bonchev–Trinajstić information content (AvgIpc) is 2.50. The van der Waals surface area contributed by atoms with E-state index in [-0.39, 0.29) is 5.56 Å². The van der Waals surface area contributed by atoms with E-state index in [9.17, 15) is 4.79 Å². The van der Waals surface area contributed by atoms with E-state index in [0.717, 1.165) is 16.8 Å². The van der Waals surface area contributed by atoms with Crippen molar-refractivity contribution in [3.05, 3.63) is 87.7 Å². The maximum atomic E-state index is 12.0. The van der Waals surface area contributed by atoms with Crippen LogP contribution in [0.4, 0.5) is 0 Å². The van der Waals surface area contributed by atoms with Crippen molar-refractivity contribution < 1.29 is 0 Å². The van der Waals surface area contributed by atoms with Crippen LogP contribution in [0.15, 0.2) is 71.5 Å². The fourth-order valence-corrected chi connectivity index (χ4v) is 2.35. The summed E-state index contributed by atoms with van der Waals surface area (Å²) in [6, 6.07) is 20.5. The summed E-state index contributed by atoms with van der Waals surface area (Å²) in [6.45, 7) is 0.403. The van der Waals surface area contributed by atoms with Gasteiger partial charge in [0.15, 0.2) is 0 Å². The van der Waals surface area contributed by atoms with Crippen LogP contribution in [0.25, 0.3) is 11.3 Å². The molecule has 0 radical (unpaired) electrons. The molecule has 0 spiro atoms. The molecule has 1 aromatic heterocycles. The van der Waals surface area contributed by atoms with Crippen LogP contribution in [0.1, 0.15) is 5.56 Å². The third-order valence-electron chi connectivity index (χ3n) is 3.16. The number of hydrogen-bond acceptors (Lipinski definition) is 2. The molecule has 104 valence electrons. The zero-order valence-corrected chi connectivity index (χ0v) is 12.0.